The molecule has 1 aliphatic carbocycles. The molecule has 122 valence electrons. The van der Waals surface area contributed by atoms with Gasteiger partial charge in [-0.2, -0.15) is 0 Å². The van der Waals surface area contributed by atoms with Crippen molar-refractivity contribution < 1.29 is 14.6 Å². The van der Waals surface area contributed by atoms with Crippen LogP contribution in [0, 0.1) is 12.8 Å². The summed E-state index contributed by atoms with van der Waals surface area (Å²) in [5.41, 5.74) is 2.17. The summed E-state index contributed by atoms with van der Waals surface area (Å²) < 4.78 is 5.25. The van der Waals surface area contributed by atoms with Gasteiger partial charge in [0.15, 0.2) is 0 Å². The van der Waals surface area contributed by atoms with Crippen LogP contribution in [0.25, 0.3) is 10.9 Å². The lowest BCUT2D eigenvalue weighted by molar-refractivity contribution is 0.0918. The molecule has 5 nitrogen and oxygen atoms in total. The predicted octanol–water partition coefficient (Wildman–Crippen LogP) is 2.44. The fourth-order valence-electron chi connectivity index (χ4n) is 3.23. The number of aliphatic hydroxyl groups excluding tert-OH is 1. The van der Waals surface area contributed by atoms with Gasteiger partial charge in [0.05, 0.1) is 24.3 Å². The summed E-state index contributed by atoms with van der Waals surface area (Å²) >= 11 is 0. The predicted molar refractivity (Wildman–Crippen MR) is 88.7 cm³/mol. The molecule has 0 spiro atoms. The van der Waals surface area contributed by atoms with E-state index < -0.39 is 0 Å². The minimum atomic E-state index is -0.300. The maximum absolute atomic E-state index is 12.6. The van der Waals surface area contributed by atoms with E-state index in [0.29, 0.717) is 17.9 Å². The number of aromatic nitrogens is 1. The van der Waals surface area contributed by atoms with Crippen molar-refractivity contribution >= 4 is 16.8 Å². The number of ether oxygens (including phenoxy) is 1. The van der Waals surface area contributed by atoms with E-state index in [1.54, 1.807) is 13.2 Å². The summed E-state index contributed by atoms with van der Waals surface area (Å²) in [5.74, 6) is 0.721. The van der Waals surface area contributed by atoms with Crippen molar-refractivity contribution in [3.8, 4) is 5.75 Å². The first-order valence-corrected chi connectivity index (χ1v) is 8.00. The molecule has 2 N–H and O–H groups in total. The average molecular weight is 314 g/mol. The Kier molecular flexibility index (Phi) is 4.48. The van der Waals surface area contributed by atoms with Gasteiger partial charge in [-0.25, -0.2) is 0 Å². The molecule has 0 saturated heterocycles. The Labute approximate surface area is 135 Å². The molecule has 1 heterocycles. The fraction of sp³-hybridized carbons (Fsp3) is 0.444. The Hall–Kier alpha value is -2.14. The van der Waals surface area contributed by atoms with Crippen molar-refractivity contribution in [1.82, 2.24) is 10.3 Å². The molecule has 1 saturated carbocycles. The number of hydrogen-bond acceptors (Lipinski definition) is 4. The van der Waals surface area contributed by atoms with Gasteiger partial charge in [0.2, 0.25) is 0 Å². The standard InChI is InChI=1S/C18H22N2O3/c1-11-8-15(14-9-13(23-2)6-7-16(14)20-11)18(22)19-10-12-4-3-5-17(12)21/h6-9,12,17,21H,3-5,10H2,1-2H3,(H,19,22). The van der Waals surface area contributed by atoms with Crippen LogP contribution >= 0.6 is 0 Å². The van der Waals surface area contributed by atoms with E-state index in [2.05, 4.69) is 10.3 Å². The molecule has 2 aromatic rings. The molecule has 1 aromatic heterocycles. The van der Waals surface area contributed by atoms with Crippen molar-refractivity contribution in [2.24, 2.45) is 5.92 Å². The summed E-state index contributed by atoms with van der Waals surface area (Å²) in [6.45, 7) is 2.38. The highest BCUT2D eigenvalue weighted by atomic mass is 16.5. The number of benzene rings is 1. The van der Waals surface area contributed by atoms with Crippen LogP contribution in [0.1, 0.15) is 35.3 Å². The van der Waals surface area contributed by atoms with E-state index in [4.69, 9.17) is 4.74 Å². The maximum Gasteiger partial charge on any atom is 0.252 e. The summed E-state index contributed by atoms with van der Waals surface area (Å²) in [7, 11) is 1.60. The normalized spacial score (nSPS) is 20.7. The number of pyridine rings is 1. The number of rotatable bonds is 4. The van der Waals surface area contributed by atoms with Crippen LogP contribution in [-0.4, -0.2) is 35.8 Å². The molecule has 1 aliphatic rings. The van der Waals surface area contributed by atoms with Crippen LogP contribution in [0.2, 0.25) is 0 Å². The summed E-state index contributed by atoms with van der Waals surface area (Å²) in [5, 5.41) is 13.6. The van der Waals surface area contributed by atoms with Crippen LogP contribution in [0.4, 0.5) is 0 Å². The number of amides is 1. The average Bonchev–Trinajstić information content (AvgIpc) is 2.96. The van der Waals surface area contributed by atoms with Gasteiger partial charge in [-0.05, 0) is 44.0 Å². The largest absolute Gasteiger partial charge is 0.497 e. The van der Waals surface area contributed by atoms with Crippen LogP contribution in [0.5, 0.6) is 5.75 Å². The van der Waals surface area contributed by atoms with Gasteiger partial charge in [0.25, 0.3) is 5.91 Å². The molecule has 23 heavy (non-hydrogen) atoms. The van der Waals surface area contributed by atoms with Crippen molar-refractivity contribution in [1.29, 1.82) is 0 Å². The maximum atomic E-state index is 12.6. The second-order valence-corrected chi connectivity index (χ2v) is 6.16. The molecule has 1 fully saturated rings. The van der Waals surface area contributed by atoms with Crippen LogP contribution < -0.4 is 10.1 Å². The van der Waals surface area contributed by atoms with Crippen molar-refractivity contribution in [2.45, 2.75) is 32.3 Å². The number of aliphatic hydroxyl groups is 1. The Morgan fingerprint density at radius 3 is 2.91 bits per heavy atom. The van der Waals surface area contributed by atoms with Gasteiger partial charge in [0, 0.05) is 23.5 Å². The lowest BCUT2D eigenvalue weighted by Crippen LogP contribution is -2.32. The van der Waals surface area contributed by atoms with Crippen LogP contribution in [-0.2, 0) is 0 Å². The first-order chi connectivity index (χ1) is 11.1. The third-order valence-electron chi connectivity index (χ3n) is 4.53. The van der Waals surface area contributed by atoms with Crippen molar-refractivity contribution in [3.05, 3.63) is 35.5 Å². The molecule has 3 rings (SSSR count). The summed E-state index contributed by atoms with van der Waals surface area (Å²) in [6.07, 6.45) is 2.52. The zero-order valence-electron chi connectivity index (χ0n) is 13.5. The van der Waals surface area contributed by atoms with E-state index in [-0.39, 0.29) is 17.9 Å². The first kappa shape index (κ1) is 15.7. The number of carbonyl (C=O) groups excluding carboxylic acids is 1. The second-order valence-electron chi connectivity index (χ2n) is 6.16. The molecular weight excluding hydrogens is 292 g/mol. The number of methoxy groups -OCH3 is 1. The number of nitrogens with zero attached hydrogens (tertiary/aromatic N) is 1. The molecule has 2 unspecified atom stereocenters. The number of carbonyl (C=O) groups is 1. The smallest absolute Gasteiger partial charge is 0.252 e. The molecule has 0 aliphatic heterocycles. The van der Waals surface area contributed by atoms with Gasteiger partial charge in [-0.1, -0.05) is 6.42 Å². The summed E-state index contributed by atoms with van der Waals surface area (Å²) in [6, 6.07) is 7.33. The van der Waals surface area contributed by atoms with E-state index in [9.17, 15) is 9.90 Å². The quantitative estimate of drug-likeness (QED) is 0.909. The highest BCUT2D eigenvalue weighted by Crippen LogP contribution is 2.26. The highest BCUT2D eigenvalue weighted by Gasteiger charge is 2.25. The second kappa shape index (κ2) is 6.54. The lowest BCUT2D eigenvalue weighted by atomic mass is 10.0. The minimum absolute atomic E-state index is 0.132. The Morgan fingerprint density at radius 1 is 1.39 bits per heavy atom. The number of fused-ring (bicyclic) bond motifs is 1. The Morgan fingerprint density at radius 2 is 2.22 bits per heavy atom. The molecular formula is C18H22N2O3. The lowest BCUT2D eigenvalue weighted by Gasteiger charge is -2.16. The molecule has 0 radical (unpaired) electrons. The highest BCUT2D eigenvalue weighted by molar-refractivity contribution is 6.06. The van der Waals surface area contributed by atoms with Crippen molar-refractivity contribution in [3.63, 3.8) is 0 Å². The zero-order valence-corrected chi connectivity index (χ0v) is 13.5. The SMILES string of the molecule is COc1ccc2nc(C)cc(C(=O)NCC3CCCC3O)c2c1. The van der Waals surface area contributed by atoms with E-state index in [0.717, 1.165) is 35.9 Å². The van der Waals surface area contributed by atoms with Crippen LogP contribution in [0.15, 0.2) is 24.3 Å². The van der Waals surface area contributed by atoms with E-state index >= 15 is 0 Å². The molecule has 0 bridgehead atoms. The monoisotopic (exact) mass is 314 g/mol. The van der Waals surface area contributed by atoms with Crippen molar-refractivity contribution in [2.75, 3.05) is 13.7 Å². The molecule has 2 atom stereocenters. The molecule has 1 aromatic carbocycles. The van der Waals surface area contributed by atoms with E-state index in [1.807, 2.05) is 25.1 Å². The zero-order chi connectivity index (χ0) is 16.4. The van der Waals surface area contributed by atoms with E-state index in [1.165, 1.54) is 0 Å². The molecule has 5 heteroatoms. The number of hydrogen-bond donors (Lipinski definition) is 2. The van der Waals surface area contributed by atoms with Gasteiger partial charge in [0.1, 0.15) is 5.75 Å². The fourth-order valence-corrected chi connectivity index (χ4v) is 3.23. The van der Waals surface area contributed by atoms with Crippen LogP contribution in [0.3, 0.4) is 0 Å². The van der Waals surface area contributed by atoms with Gasteiger partial charge in [-0.3, -0.25) is 9.78 Å². The first-order valence-electron chi connectivity index (χ1n) is 8.00. The third-order valence-corrected chi connectivity index (χ3v) is 4.53. The summed E-state index contributed by atoms with van der Waals surface area (Å²) in [4.78, 5) is 17.1. The third kappa shape index (κ3) is 3.29. The van der Waals surface area contributed by atoms with Gasteiger partial charge >= 0.3 is 0 Å². The number of nitrogens with one attached hydrogen (secondary N) is 1. The minimum Gasteiger partial charge on any atom is -0.497 e. The number of aryl methyl sites for hydroxylation is 1. The molecule has 1 amide bonds. The topological polar surface area (TPSA) is 71.5 Å². The Bertz CT molecular complexity index is 730. The Balaban J connectivity index is 1.86. The van der Waals surface area contributed by atoms with Gasteiger partial charge < -0.3 is 15.2 Å². The van der Waals surface area contributed by atoms with Gasteiger partial charge in [-0.15, -0.1) is 0 Å².